The van der Waals surface area contributed by atoms with E-state index in [1.54, 1.807) is 25.3 Å². The summed E-state index contributed by atoms with van der Waals surface area (Å²) in [5, 5.41) is 12.5. The highest BCUT2D eigenvalue weighted by Gasteiger charge is 2.11. The van der Waals surface area contributed by atoms with Crippen LogP contribution in [-0.2, 0) is 11.2 Å². The van der Waals surface area contributed by atoms with Crippen molar-refractivity contribution in [2.45, 2.75) is 33.1 Å². The highest BCUT2D eigenvalue weighted by atomic mass is 35.5. The monoisotopic (exact) mass is 395 g/mol. The van der Waals surface area contributed by atoms with Crippen LogP contribution in [0.4, 0.5) is 5.13 Å². The maximum Gasteiger partial charge on any atom is 0.250 e. The van der Waals surface area contributed by atoms with Crippen molar-refractivity contribution in [3.63, 3.8) is 0 Å². The standard InChI is InChI=1S/C18H22ClN3O3S/c1-4-6-16-21-22-18(26-16)20-15(23)8-7-12-10-13(19)17(25-9-5-2)14(11-12)24-3/h7-8,10-11H,4-6,9H2,1-3H3,(H,20,22,23)/b8-7+. The van der Waals surface area contributed by atoms with Gasteiger partial charge in [0.25, 0.3) is 0 Å². The van der Waals surface area contributed by atoms with Gasteiger partial charge in [0.2, 0.25) is 11.0 Å². The van der Waals surface area contributed by atoms with Crippen LogP contribution in [0.15, 0.2) is 18.2 Å². The lowest BCUT2D eigenvalue weighted by Gasteiger charge is -2.12. The number of ether oxygens (including phenoxy) is 2. The molecule has 8 heteroatoms. The second-order valence-electron chi connectivity index (χ2n) is 5.46. The van der Waals surface area contributed by atoms with Crippen LogP contribution in [0.25, 0.3) is 6.08 Å². The molecule has 2 aromatic rings. The van der Waals surface area contributed by atoms with Crippen molar-refractivity contribution in [3.05, 3.63) is 33.8 Å². The number of amides is 1. The number of nitrogens with zero attached hydrogens (tertiary/aromatic N) is 2. The van der Waals surface area contributed by atoms with E-state index in [1.165, 1.54) is 17.4 Å². The molecule has 0 spiro atoms. The number of anilines is 1. The van der Waals surface area contributed by atoms with E-state index in [4.69, 9.17) is 21.1 Å². The van der Waals surface area contributed by atoms with E-state index < -0.39 is 0 Å². The minimum absolute atomic E-state index is 0.286. The molecule has 0 radical (unpaired) electrons. The summed E-state index contributed by atoms with van der Waals surface area (Å²) in [7, 11) is 1.55. The molecule has 26 heavy (non-hydrogen) atoms. The van der Waals surface area contributed by atoms with Gasteiger partial charge in [-0.3, -0.25) is 10.1 Å². The van der Waals surface area contributed by atoms with Gasteiger partial charge in [-0.05, 0) is 36.6 Å². The number of carbonyl (C=O) groups excluding carboxylic acids is 1. The molecule has 6 nitrogen and oxygen atoms in total. The summed E-state index contributed by atoms with van der Waals surface area (Å²) < 4.78 is 10.9. The molecule has 0 saturated carbocycles. The Kier molecular flexibility index (Phi) is 7.87. The van der Waals surface area contributed by atoms with Gasteiger partial charge < -0.3 is 9.47 Å². The fourth-order valence-corrected chi connectivity index (χ4v) is 3.24. The first-order valence-corrected chi connectivity index (χ1v) is 9.58. The van der Waals surface area contributed by atoms with Gasteiger partial charge in [0.05, 0.1) is 18.7 Å². The normalized spacial score (nSPS) is 10.9. The summed E-state index contributed by atoms with van der Waals surface area (Å²) in [5.74, 6) is 0.750. The third-order valence-electron chi connectivity index (χ3n) is 3.29. The van der Waals surface area contributed by atoms with Crippen LogP contribution < -0.4 is 14.8 Å². The minimum atomic E-state index is -0.286. The van der Waals surface area contributed by atoms with Crippen LogP contribution in [0.1, 0.15) is 37.3 Å². The third-order valence-corrected chi connectivity index (χ3v) is 4.47. The lowest BCUT2D eigenvalue weighted by Crippen LogP contribution is -2.07. The first-order chi connectivity index (χ1) is 12.6. The molecule has 1 N–H and O–H groups in total. The van der Waals surface area contributed by atoms with Gasteiger partial charge >= 0.3 is 0 Å². The average Bonchev–Trinajstić information content (AvgIpc) is 3.05. The predicted molar refractivity (Wildman–Crippen MR) is 105 cm³/mol. The van der Waals surface area contributed by atoms with Gasteiger partial charge in [-0.2, -0.15) is 0 Å². The van der Waals surface area contributed by atoms with Crippen molar-refractivity contribution in [1.82, 2.24) is 10.2 Å². The van der Waals surface area contributed by atoms with E-state index in [-0.39, 0.29) is 5.91 Å². The van der Waals surface area contributed by atoms with Gasteiger partial charge in [-0.1, -0.05) is 36.8 Å². The van der Waals surface area contributed by atoms with Crippen molar-refractivity contribution in [1.29, 1.82) is 0 Å². The van der Waals surface area contributed by atoms with Crippen molar-refractivity contribution in [3.8, 4) is 11.5 Å². The number of aromatic nitrogens is 2. The molecule has 0 saturated heterocycles. The number of rotatable bonds is 9. The Morgan fingerprint density at radius 2 is 2.12 bits per heavy atom. The number of hydrogen-bond donors (Lipinski definition) is 1. The lowest BCUT2D eigenvalue weighted by atomic mass is 10.2. The molecule has 1 aromatic heterocycles. The highest BCUT2D eigenvalue weighted by molar-refractivity contribution is 7.15. The summed E-state index contributed by atoms with van der Waals surface area (Å²) in [6.45, 7) is 4.63. The van der Waals surface area contributed by atoms with Gasteiger partial charge in [-0.15, -0.1) is 10.2 Å². The van der Waals surface area contributed by atoms with Crippen LogP contribution in [0.3, 0.4) is 0 Å². The second-order valence-corrected chi connectivity index (χ2v) is 6.93. The fourth-order valence-electron chi connectivity index (χ4n) is 2.12. The number of nitrogens with one attached hydrogen (secondary N) is 1. The molecule has 0 aliphatic heterocycles. The van der Waals surface area contributed by atoms with Crippen LogP contribution in [0.5, 0.6) is 11.5 Å². The molecule has 0 atom stereocenters. The Bertz CT molecular complexity index is 777. The number of hydrogen-bond acceptors (Lipinski definition) is 6. The fraction of sp³-hybridized carbons (Fsp3) is 0.389. The average molecular weight is 396 g/mol. The molecule has 0 fully saturated rings. The van der Waals surface area contributed by atoms with Crippen LogP contribution >= 0.6 is 22.9 Å². The summed E-state index contributed by atoms with van der Waals surface area (Å²) in [6.07, 6.45) is 5.78. The zero-order valence-corrected chi connectivity index (χ0v) is 16.6. The summed E-state index contributed by atoms with van der Waals surface area (Å²) in [6, 6.07) is 3.49. The number of halogens is 1. The van der Waals surface area contributed by atoms with Crippen LogP contribution in [-0.4, -0.2) is 29.8 Å². The van der Waals surface area contributed by atoms with Crippen molar-refractivity contribution < 1.29 is 14.3 Å². The number of carbonyl (C=O) groups is 1. The maximum absolute atomic E-state index is 12.1. The topological polar surface area (TPSA) is 73.3 Å². The van der Waals surface area contributed by atoms with Gasteiger partial charge in [0.1, 0.15) is 5.01 Å². The van der Waals surface area contributed by atoms with Crippen molar-refractivity contribution in [2.24, 2.45) is 0 Å². The number of aryl methyl sites for hydroxylation is 1. The Balaban J connectivity index is 2.06. The SMILES string of the molecule is CCCOc1c(Cl)cc(/C=C/C(=O)Nc2nnc(CCC)s2)cc1OC. The van der Waals surface area contributed by atoms with E-state index in [1.807, 2.05) is 6.92 Å². The number of methoxy groups -OCH3 is 1. The Morgan fingerprint density at radius 3 is 2.81 bits per heavy atom. The molecular weight excluding hydrogens is 374 g/mol. The smallest absolute Gasteiger partial charge is 0.250 e. The summed E-state index contributed by atoms with van der Waals surface area (Å²) in [4.78, 5) is 12.1. The molecule has 1 amide bonds. The molecule has 1 aromatic carbocycles. The molecule has 0 bridgehead atoms. The molecule has 0 unspecified atom stereocenters. The molecular formula is C18H22ClN3O3S. The first-order valence-electron chi connectivity index (χ1n) is 8.39. The van der Waals surface area contributed by atoms with E-state index in [2.05, 4.69) is 22.4 Å². The quantitative estimate of drug-likeness (QED) is 0.628. The lowest BCUT2D eigenvalue weighted by molar-refractivity contribution is -0.111. The minimum Gasteiger partial charge on any atom is -0.493 e. The summed E-state index contributed by atoms with van der Waals surface area (Å²) in [5.41, 5.74) is 0.731. The first kappa shape index (κ1) is 20.2. The molecule has 1 heterocycles. The third kappa shape index (κ3) is 5.71. The van der Waals surface area contributed by atoms with Gasteiger partial charge in [0, 0.05) is 12.5 Å². The molecule has 140 valence electrons. The summed E-state index contributed by atoms with van der Waals surface area (Å²) >= 11 is 7.65. The van der Waals surface area contributed by atoms with E-state index in [9.17, 15) is 4.79 Å². The van der Waals surface area contributed by atoms with E-state index in [0.29, 0.717) is 28.3 Å². The molecule has 0 aliphatic rings. The van der Waals surface area contributed by atoms with Crippen LogP contribution in [0.2, 0.25) is 5.02 Å². The zero-order valence-electron chi connectivity index (χ0n) is 15.0. The highest BCUT2D eigenvalue weighted by Crippen LogP contribution is 2.36. The van der Waals surface area contributed by atoms with Crippen LogP contribution in [0, 0.1) is 0 Å². The molecule has 2 rings (SSSR count). The van der Waals surface area contributed by atoms with Crippen molar-refractivity contribution >= 4 is 40.1 Å². The largest absolute Gasteiger partial charge is 0.493 e. The van der Waals surface area contributed by atoms with Gasteiger partial charge in [0.15, 0.2) is 11.5 Å². The zero-order chi connectivity index (χ0) is 18.9. The molecule has 0 aliphatic carbocycles. The predicted octanol–water partition coefficient (Wildman–Crippen LogP) is 4.59. The maximum atomic E-state index is 12.1. The van der Waals surface area contributed by atoms with E-state index >= 15 is 0 Å². The van der Waals surface area contributed by atoms with Gasteiger partial charge in [-0.25, -0.2) is 0 Å². The number of benzene rings is 1. The Labute approximate surface area is 162 Å². The Hall–Kier alpha value is -2.12. The van der Waals surface area contributed by atoms with Crippen molar-refractivity contribution in [2.75, 3.05) is 19.0 Å². The van der Waals surface area contributed by atoms with E-state index in [0.717, 1.165) is 29.8 Å². The Morgan fingerprint density at radius 1 is 1.31 bits per heavy atom. The second kappa shape index (κ2) is 10.1.